The van der Waals surface area contributed by atoms with Crippen molar-refractivity contribution in [2.75, 3.05) is 18.9 Å². The van der Waals surface area contributed by atoms with Gasteiger partial charge in [0.05, 0.1) is 5.75 Å². The van der Waals surface area contributed by atoms with Crippen LogP contribution in [0.3, 0.4) is 0 Å². The normalized spacial score (nSPS) is 19.4. The minimum atomic E-state index is 0.167. The summed E-state index contributed by atoms with van der Waals surface area (Å²) >= 11 is 1.59. The zero-order chi connectivity index (χ0) is 13.5. The molecule has 1 aliphatic heterocycles. The number of nitrogens with zero attached hydrogens (tertiary/aromatic N) is 1. The lowest BCUT2D eigenvalue weighted by Crippen LogP contribution is -2.45. The molecule has 0 spiro atoms. The third-order valence-electron chi connectivity index (χ3n) is 3.52. The molecule has 0 aliphatic carbocycles. The molecule has 1 aromatic carbocycles. The first-order valence-electron chi connectivity index (χ1n) is 6.89. The fourth-order valence-electron chi connectivity index (χ4n) is 2.52. The van der Waals surface area contributed by atoms with Gasteiger partial charge in [0.1, 0.15) is 0 Å². The van der Waals surface area contributed by atoms with Crippen LogP contribution in [0.2, 0.25) is 0 Å². The molecule has 1 amide bonds. The smallest absolute Gasteiger partial charge is 0.233 e. The molecule has 0 aromatic heterocycles. The van der Waals surface area contributed by atoms with Gasteiger partial charge in [-0.1, -0.05) is 18.2 Å². The van der Waals surface area contributed by atoms with Crippen molar-refractivity contribution in [2.24, 2.45) is 0 Å². The van der Waals surface area contributed by atoms with Crippen LogP contribution in [0, 0.1) is 0 Å². The number of likely N-dealkylation sites (tertiary alicyclic amines) is 1. The summed E-state index contributed by atoms with van der Waals surface area (Å²) in [4.78, 5) is 15.4. The summed E-state index contributed by atoms with van der Waals surface area (Å²) in [6.45, 7) is 1.01. The second kappa shape index (κ2) is 7.56. The van der Waals surface area contributed by atoms with Crippen molar-refractivity contribution in [3.63, 3.8) is 0 Å². The number of hydrogen-bond donors (Lipinski definition) is 1. The van der Waals surface area contributed by atoms with Crippen LogP contribution in [-0.4, -0.2) is 40.9 Å². The fraction of sp³-hybridized carbons (Fsp3) is 0.533. The maximum absolute atomic E-state index is 12.3. The molecule has 0 bridgehead atoms. The number of piperidine rings is 1. The second-order valence-corrected chi connectivity index (χ2v) is 5.90. The molecule has 0 saturated carbocycles. The van der Waals surface area contributed by atoms with Crippen molar-refractivity contribution >= 4 is 17.7 Å². The van der Waals surface area contributed by atoms with Crippen molar-refractivity contribution in [3.05, 3.63) is 30.3 Å². The van der Waals surface area contributed by atoms with Gasteiger partial charge in [-0.2, -0.15) is 0 Å². The lowest BCUT2D eigenvalue weighted by atomic mass is 10.00. The summed E-state index contributed by atoms with van der Waals surface area (Å²) in [7, 11) is 0. The summed E-state index contributed by atoms with van der Waals surface area (Å²) in [6.07, 6.45) is 3.99. The van der Waals surface area contributed by atoms with Gasteiger partial charge in [0.25, 0.3) is 0 Å². The van der Waals surface area contributed by atoms with Crippen LogP contribution in [0.25, 0.3) is 0 Å². The number of thioether (sulfide) groups is 1. The predicted octanol–water partition coefficient (Wildman–Crippen LogP) is 2.54. The molecular formula is C15H21NO2S. The molecule has 4 heteroatoms. The fourth-order valence-corrected chi connectivity index (χ4v) is 3.33. The van der Waals surface area contributed by atoms with E-state index in [-0.39, 0.29) is 18.6 Å². The topological polar surface area (TPSA) is 40.5 Å². The molecule has 3 nitrogen and oxygen atoms in total. The van der Waals surface area contributed by atoms with E-state index in [9.17, 15) is 4.79 Å². The van der Waals surface area contributed by atoms with Crippen LogP contribution in [0.1, 0.15) is 25.7 Å². The Bertz CT molecular complexity index is 394. The average molecular weight is 279 g/mol. The van der Waals surface area contributed by atoms with E-state index in [4.69, 9.17) is 5.11 Å². The van der Waals surface area contributed by atoms with Gasteiger partial charge in [-0.3, -0.25) is 4.79 Å². The molecule has 19 heavy (non-hydrogen) atoms. The maximum Gasteiger partial charge on any atom is 0.233 e. The highest BCUT2D eigenvalue weighted by Crippen LogP contribution is 2.23. The zero-order valence-electron chi connectivity index (χ0n) is 11.1. The standard InChI is InChI=1S/C15H21NO2S/c17-11-9-13-6-4-5-10-16(13)15(18)12-19-14-7-2-1-3-8-14/h1-3,7-8,13,17H,4-6,9-12H2. The number of benzene rings is 1. The molecule has 104 valence electrons. The summed E-state index contributed by atoms with van der Waals surface area (Å²) in [6, 6.07) is 10.2. The van der Waals surface area contributed by atoms with Gasteiger partial charge in [0.15, 0.2) is 0 Å². The largest absolute Gasteiger partial charge is 0.396 e. The Morgan fingerprint density at radius 1 is 1.32 bits per heavy atom. The van der Waals surface area contributed by atoms with E-state index in [1.807, 2.05) is 35.2 Å². The zero-order valence-corrected chi connectivity index (χ0v) is 11.9. The summed E-state index contributed by atoms with van der Waals surface area (Å²) in [5, 5.41) is 9.08. The Morgan fingerprint density at radius 3 is 2.84 bits per heavy atom. The Balaban J connectivity index is 1.87. The van der Waals surface area contributed by atoms with E-state index >= 15 is 0 Å². The number of aliphatic hydroxyl groups is 1. The molecule has 0 radical (unpaired) electrons. The number of hydrogen-bond acceptors (Lipinski definition) is 3. The van der Waals surface area contributed by atoms with Crippen molar-refractivity contribution in [1.29, 1.82) is 0 Å². The van der Waals surface area contributed by atoms with Crippen LogP contribution in [0.5, 0.6) is 0 Å². The van der Waals surface area contributed by atoms with E-state index in [0.29, 0.717) is 12.2 Å². The second-order valence-electron chi connectivity index (χ2n) is 4.85. The number of rotatable bonds is 5. The first-order valence-corrected chi connectivity index (χ1v) is 7.88. The summed E-state index contributed by atoms with van der Waals surface area (Å²) < 4.78 is 0. The first-order chi connectivity index (χ1) is 9.31. The van der Waals surface area contributed by atoms with Crippen LogP contribution < -0.4 is 0 Å². The van der Waals surface area contributed by atoms with Crippen LogP contribution in [-0.2, 0) is 4.79 Å². The van der Waals surface area contributed by atoms with Gasteiger partial charge in [0, 0.05) is 24.1 Å². The number of carbonyl (C=O) groups is 1. The quantitative estimate of drug-likeness (QED) is 0.842. The highest BCUT2D eigenvalue weighted by atomic mass is 32.2. The monoisotopic (exact) mass is 279 g/mol. The van der Waals surface area contributed by atoms with Gasteiger partial charge in [-0.05, 0) is 37.8 Å². The van der Waals surface area contributed by atoms with E-state index in [0.717, 1.165) is 24.3 Å². The molecule has 1 saturated heterocycles. The number of aliphatic hydroxyl groups excluding tert-OH is 1. The molecule has 1 heterocycles. The predicted molar refractivity (Wildman–Crippen MR) is 78.2 cm³/mol. The number of amides is 1. The number of carbonyl (C=O) groups excluding carboxylic acids is 1. The molecule has 1 unspecified atom stereocenters. The van der Waals surface area contributed by atoms with E-state index in [1.54, 1.807) is 11.8 Å². The third-order valence-corrected chi connectivity index (χ3v) is 4.51. The molecular weight excluding hydrogens is 258 g/mol. The van der Waals surface area contributed by atoms with Crippen molar-refractivity contribution in [3.8, 4) is 0 Å². The van der Waals surface area contributed by atoms with Gasteiger partial charge in [0.2, 0.25) is 5.91 Å². The third kappa shape index (κ3) is 4.25. The maximum atomic E-state index is 12.3. The first kappa shape index (κ1) is 14.4. The average Bonchev–Trinajstić information content (AvgIpc) is 2.47. The van der Waals surface area contributed by atoms with Gasteiger partial charge < -0.3 is 10.0 Å². The van der Waals surface area contributed by atoms with Gasteiger partial charge >= 0.3 is 0 Å². The Labute approximate surface area is 119 Å². The SMILES string of the molecule is O=C(CSc1ccccc1)N1CCCCC1CCO. The van der Waals surface area contributed by atoms with Crippen molar-refractivity contribution in [2.45, 2.75) is 36.6 Å². The lowest BCUT2D eigenvalue weighted by molar-refractivity contribution is -0.132. The molecule has 1 atom stereocenters. The lowest BCUT2D eigenvalue weighted by Gasteiger charge is -2.35. The molecule has 1 aromatic rings. The highest BCUT2D eigenvalue weighted by molar-refractivity contribution is 8.00. The molecule has 1 aliphatic rings. The highest BCUT2D eigenvalue weighted by Gasteiger charge is 2.25. The molecule has 1 N–H and O–H groups in total. The minimum Gasteiger partial charge on any atom is -0.396 e. The van der Waals surface area contributed by atoms with Crippen LogP contribution in [0.4, 0.5) is 0 Å². The summed E-state index contributed by atoms with van der Waals surface area (Å²) in [5.41, 5.74) is 0. The summed E-state index contributed by atoms with van der Waals surface area (Å²) in [5.74, 6) is 0.693. The van der Waals surface area contributed by atoms with Crippen LogP contribution >= 0.6 is 11.8 Å². The van der Waals surface area contributed by atoms with Crippen molar-refractivity contribution in [1.82, 2.24) is 4.90 Å². The van der Waals surface area contributed by atoms with E-state index < -0.39 is 0 Å². The van der Waals surface area contributed by atoms with Gasteiger partial charge in [-0.25, -0.2) is 0 Å². The van der Waals surface area contributed by atoms with Crippen LogP contribution in [0.15, 0.2) is 35.2 Å². The van der Waals surface area contributed by atoms with Crippen molar-refractivity contribution < 1.29 is 9.90 Å². The van der Waals surface area contributed by atoms with E-state index in [1.165, 1.54) is 6.42 Å². The Morgan fingerprint density at radius 2 is 2.11 bits per heavy atom. The molecule has 1 fully saturated rings. The Hall–Kier alpha value is -1.00. The van der Waals surface area contributed by atoms with Gasteiger partial charge in [-0.15, -0.1) is 11.8 Å². The Kier molecular flexibility index (Phi) is 5.73. The minimum absolute atomic E-state index is 0.167. The molecule has 2 rings (SSSR count). The van der Waals surface area contributed by atoms with E-state index in [2.05, 4.69) is 0 Å².